The predicted molar refractivity (Wildman–Crippen MR) is 97.1 cm³/mol. The standard InChI is InChI=1S/C20H22N2O4/c1-20(2,3)15-8-10-16(11-9-15)26-13-18(23)22-21-12-14-6-4-5-7-17(14)19(24)25/h4-12H,13H2,1-3H3,(H,22,23)(H,24,25)/p-1/b21-12-. The van der Waals surface area contributed by atoms with E-state index in [2.05, 4.69) is 31.3 Å². The van der Waals surface area contributed by atoms with Gasteiger partial charge in [0.05, 0.1) is 12.2 Å². The molecular weight excluding hydrogens is 332 g/mol. The molecule has 0 heterocycles. The second-order valence-electron chi connectivity index (χ2n) is 6.73. The monoisotopic (exact) mass is 353 g/mol. The van der Waals surface area contributed by atoms with Crippen LogP contribution in [0, 0.1) is 0 Å². The Morgan fingerprint density at radius 2 is 1.77 bits per heavy atom. The van der Waals surface area contributed by atoms with Crippen molar-refractivity contribution >= 4 is 18.1 Å². The third-order valence-corrected chi connectivity index (χ3v) is 3.66. The van der Waals surface area contributed by atoms with Crippen molar-refractivity contribution in [1.29, 1.82) is 0 Å². The summed E-state index contributed by atoms with van der Waals surface area (Å²) in [6.07, 6.45) is 1.25. The third-order valence-electron chi connectivity index (χ3n) is 3.66. The Bertz CT molecular complexity index is 805. The fourth-order valence-electron chi connectivity index (χ4n) is 2.20. The lowest BCUT2D eigenvalue weighted by Gasteiger charge is -2.19. The van der Waals surface area contributed by atoms with Crippen molar-refractivity contribution in [2.24, 2.45) is 5.10 Å². The largest absolute Gasteiger partial charge is 0.545 e. The van der Waals surface area contributed by atoms with Gasteiger partial charge in [-0.25, -0.2) is 5.43 Å². The zero-order valence-electron chi connectivity index (χ0n) is 15.0. The first-order valence-corrected chi connectivity index (χ1v) is 8.13. The van der Waals surface area contributed by atoms with Gasteiger partial charge in [0.2, 0.25) is 0 Å². The zero-order valence-corrected chi connectivity index (χ0v) is 15.0. The van der Waals surface area contributed by atoms with Gasteiger partial charge in [0.1, 0.15) is 5.75 Å². The molecule has 1 N–H and O–H groups in total. The van der Waals surface area contributed by atoms with Gasteiger partial charge >= 0.3 is 0 Å². The number of carbonyl (C=O) groups excluding carboxylic acids is 2. The molecule has 6 nitrogen and oxygen atoms in total. The van der Waals surface area contributed by atoms with E-state index in [1.165, 1.54) is 17.8 Å². The van der Waals surface area contributed by atoms with Crippen LogP contribution in [0.15, 0.2) is 53.6 Å². The minimum atomic E-state index is -1.31. The number of hydrogen-bond acceptors (Lipinski definition) is 5. The van der Waals surface area contributed by atoms with Crippen molar-refractivity contribution in [1.82, 2.24) is 5.43 Å². The maximum Gasteiger partial charge on any atom is 0.277 e. The van der Waals surface area contributed by atoms with Crippen LogP contribution in [-0.4, -0.2) is 24.7 Å². The number of ether oxygens (including phenoxy) is 1. The second kappa shape index (κ2) is 8.29. The van der Waals surface area contributed by atoms with E-state index in [0.717, 1.165) is 0 Å². The molecule has 0 radical (unpaired) electrons. The molecule has 2 aromatic carbocycles. The maximum absolute atomic E-state index is 11.8. The second-order valence-corrected chi connectivity index (χ2v) is 6.73. The normalized spacial score (nSPS) is 11.3. The molecule has 0 unspecified atom stereocenters. The van der Waals surface area contributed by atoms with Crippen molar-refractivity contribution in [3.63, 3.8) is 0 Å². The van der Waals surface area contributed by atoms with Gasteiger partial charge in [-0.2, -0.15) is 5.10 Å². The Hall–Kier alpha value is -3.15. The number of hydrogen-bond donors (Lipinski definition) is 1. The van der Waals surface area contributed by atoms with Crippen LogP contribution in [0.25, 0.3) is 0 Å². The molecule has 136 valence electrons. The van der Waals surface area contributed by atoms with Gasteiger partial charge in [-0.05, 0) is 23.1 Å². The topological polar surface area (TPSA) is 90.8 Å². The lowest BCUT2D eigenvalue weighted by molar-refractivity contribution is -0.255. The SMILES string of the molecule is CC(C)(C)c1ccc(OCC(=O)N/N=C\c2ccccc2C(=O)[O-])cc1. The number of amides is 1. The Labute approximate surface area is 152 Å². The van der Waals surface area contributed by atoms with E-state index in [0.29, 0.717) is 11.3 Å². The summed E-state index contributed by atoms with van der Waals surface area (Å²) in [5.41, 5.74) is 3.86. The summed E-state index contributed by atoms with van der Waals surface area (Å²) in [5, 5.41) is 14.7. The number of nitrogens with one attached hydrogen (secondary N) is 1. The molecule has 0 bridgehead atoms. The van der Waals surface area contributed by atoms with E-state index in [4.69, 9.17) is 4.74 Å². The van der Waals surface area contributed by atoms with Gasteiger partial charge in [-0.15, -0.1) is 0 Å². The predicted octanol–water partition coefficient (Wildman–Crippen LogP) is 1.88. The van der Waals surface area contributed by atoms with E-state index in [1.54, 1.807) is 18.2 Å². The fourth-order valence-corrected chi connectivity index (χ4v) is 2.20. The van der Waals surface area contributed by atoms with Gasteiger partial charge in [-0.1, -0.05) is 57.2 Å². The van der Waals surface area contributed by atoms with Crippen LogP contribution in [0.4, 0.5) is 0 Å². The van der Waals surface area contributed by atoms with Crippen LogP contribution in [-0.2, 0) is 10.2 Å². The van der Waals surface area contributed by atoms with Crippen LogP contribution in [0.2, 0.25) is 0 Å². The summed E-state index contributed by atoms with van der Waals surface area (Å²) < 4.78 is 5.41. The molecule has 0 atom stereocenters. The van der Waals surface area contributed by atoms with Gasteiger partial charge in [0, 0.05) is 11.1 Å². The summed E-state index contributed by atoms with van der Waals surface area (Å²) in [7, 11) is 0. The van der Waals surface area contributed by atoms with Crippen molar-refractivity contribution in [2.45, 2.75) is 26.2 Å². The molecule has 0 aliphatic heterocycles. The van der Waals surface area contributed by atoms with Gasteiger partial charge in [0.15, 0.2) is 6.61 Å². The lowest BCUT2D eigenvalue weighted by atomic mass is 9.87. The molecule has 2 rings (SSSR count). The molecule has 0 spiro atoms. The highest BCUT2D eigenvalue weighted by Crippen LogP contribution is 2.24. The average molecular weight is 353 g/mol. The molecular formula is C20H21N2O4-. The molecule has 26 heavy (non-hydrogen) atoms. The van der Waals surface area contributed by atoms with Crippen LogP contribution >= 0.6 is 0 Å². The molecule has 0 saturated carbocycles. The molecule has 0 saturated heterocycles. The number of hydrazone groups is 1. The number of aromatic carboxylic acids is 1. The van der Waals surface area contributed by atoms with Gasteiger partial charge in [0.25, 0.3) is 5.91 Å². The summed E-state index contributed by atoms with van der Waals surface area (Å²) >= 11 is 0. The Kier molecular flexibility index (Phi) is 6.11. The summed E-state index contributed by atoms with van der Waals surface area (Å²) in [6.45, 7) is 6.15. The van der Waals surface area contributed by atoms with Gasteiger partial charge < -0.3 is 14.6 Å². The van der Waals surface area contributed by atoms with E-state index in [9.17, 15) is 14.7 Å². The molecule has 6 heteroatoms. The Morgan fingerprint density at radius 3 is 2.38 bits per heavy atom. The van der Waals surface area contributed by atoms with Crippen LogP contribution in [0.3, 0.4) is 0 Å². The third kappa shape index (κ3) is 5.44. The summed E-state index contributed by atoms with van der Waals surface area (Å²) in [4.78, 5) is 22.8. The van der Waals surface area contributed by atoms with Crippen molar-refractivity contribution in [3.05, 3.63) is 65.2 Å². The highest BCUT2D eigenvalue weighted by Gasteiger charge is 2.13. The Morgan fingerprint density at radius 1 is 1.12 bits per heavy atom. The number of carboxylic acid groups (broad SMARTS) is 1. The number of rotatable bonds is 6. The summed E-state index contributed by atoms with van der Waals surface area (Å²) in [6, 6.07) is 13.8. The number of carbonyl (C=O) groups is 2. The van der Waals surface area contributed by atoms with Gasteiger partial charge in [-0.3, -0.25) is 4.79 Å². The molecule has 0 aliphatic carbocycles. The maximum atomic E-state index is 11.8. The van der Waals surface area contributed by atoms with Crippen LogP contribution in [0.5, 0.6) is 5.75 Å². The van der Waals surface area contributed by atoms with E-state index in [-0.39, 0.29) is 17.6 Å². The van der Waals surface area contributed by atoms with Crippen molar-refractivity contribution in [3.8, 4) is 5.75 Å². The fraction of sp³-hybridized carbons (Fsp3) is 0.250. The molecule has 0 aliphatic rings. The highest BCUT2D eigenvalue weighted by molar-refractivity contribution is 5.97. The number of nitrogens with zero attached hydrogens (tertiary/aromatic N) is 1. The quantitative estimate of drug-likeness (QED) is 0.634. The van der Waals surface area contributed by atoms with Crippen LogP contribution < -0.4 is 15.3 Å². The minimum absolute atomic E-state index is 0.000636. The molecule has 2 aromatic rings. The minimum Gasteiger partial charge on any atom is -0.545 e. The molecule has 0 fully saturated rings. The number of carboxylic acids is 1. The van der Waals surface area contributed by atoms with Crippen LogP contribution in [0.1, 0.15) is 42.3 Å². The summed E-state index contributed by atoms with van der Waals surface area (Å²) in [5.74, 6) is -1.17. The van der Waals surface area contributed by atoms with E-state index >= 15 is 0 Å². The highest BCUT2D eigenvalue weighted by atomic mass is 16.5. The number of benzene rings is 2. The average Bonchev–Trinajstić information content (AvgIpc) is 2.60. The smallest absolute Gasteiger partial charge is 0.277 e. The van der Waals surface area contributed by atoms with E-state index < -0.39 is 11.9 Å². The van der Waals surface area contributed by atoms with Crippen molar-refractivity contribution in [2.75, 3.05) is 6.61 Å². The Balaban J connectivity index is 1.87. The first-order chi connectivity index (χ1) is 12.3. The first-order valence-electron chi connectivity index (χ1n) is 8.13. The lowest BCUT2D eigenvalue weighted by Crippen LogP contribution is -2.25. The molecule has 1 amide bonds. The zero-order chi connectivity index (χ0) is 19.2. The molecule has 0 aromatic heterocycles. The van der Waals surface area contributed by atoms with Crippen molar-refractivity contribution < 1.29 is 19.4 Å². The first kappa shape index (κ1) is 19.2. The van der Waals surface area contributed by atoms with E-state index in [1.807, 2.05) is 24.3 Å².